The molecule has 1 fully saturated rings. The van der Waals surface area contributed by atoms with E-state index in [1.807, 2.05) is 13.8 Å². The first-order chi connectivity index (χ1) is 20.1. The summed E-state index contributed by atoms with van der Waals surface area (Å²) in [5, 5.41) is 7.28. The Hall–Kier alpha value is -3.80. The van der Waals surface area contributed by atoms with E-state index in [0.29, 0.717) is 50.3 Å². The topological polar surface area (TPSA) is 163 Å². The number of nitrogens with two attached hydrogens (primary N) is 2. The molecule has 0 bridgehead atoms. The maximum absolute atomic E-state index is 13.8. The Morgan fingerprint density at radius 2 is 1.74 bits per heavy atom. The third-order valence-corrected chi connectivity index (χ3v) is 7.41. The molecule has 2 aliphatic heterocycles. The Morgan fingerprint density at radius 1 is 1.00 bits per heavy atom. The predicted octanol–water partition coefficient (Wildman–Crippen LogP) is 1.33. The molecule has 0 saturated carbocycles. The van der Waals surface area contributed by atoms with E-state index < -0.39 is 18.0 Å². The zero-order valence-electron chi connectivity index (χ0n) is 25.1. The lowest BCUT2D eigenvalue weighted by molar-refractivity contribution is -0.145. The molecule has 1 aromatic carbocycles. The van der Waals surface area contributed by atoms with Crippen molar-refractivity contribution in [1.82, 2.24) is 25.4 Å². The van der Waals surface area contributed by atoms with Gasteiger partial charge in [0.1, 0.15) is 24.4 Å². The van der Waals surface area contributed by atoms with Crippen molar-refractivity contribution in [1.29, 1.82) is 0 Å². The number of hydrazine groups is 1. The first-order valence-corrected chi connectivity index (χ1v) is 14.9. The van der Waals surface area contributed by atoms with Crippen LogP contribution in [0.4, 0.5) is 0 Å². The number of amides is 4. The van der Waals surface area contributed by atoms with E-state index in [9.17, 15) is 19.2 Å². The van der Waals surface area contributed by atoms with Crippen LogP contribution in [0.15, 0.2) is 36.2 Å². The molecular weight excluding hydrogens is 538 g/mol. The van der Waals surface area contributed by atoms with E-state index in [-0.39, 0.29) is 42.4 Å². The number of nitrogens with one attached hydrogen (secondary N) is 2. The van der Waals surface area contributed by atoms with Crippen LogP contribution in [0.1, 0.15) is 69.2 Å². The quantitative estimate of drug-likeness (QED) is 0.378. The molecule has 0 aliphatic carbocycles. The van der Waals surface area contributed by atoms with Gasteiger partial charge in [-0.1, -0.05) is 38.8 Å². The minimum Gasteiger partial charge on any atom is -0.487 e. The second kappa shape index (κ2) is 16.0. The number of carbonyl (C=O) groups excluding carboxylic acids is 4. The Balaban J connectivity index is 1.85. The van der Waals surface area contributed by atoms with Crippen LogP contribution < -0.4 is 26.9 Å². The van der Waals surface area contributed by atoms with Gasteiger partial charge in [-0.15, -0.1) is 0 Å². The van der Waals surface area contributed by atoms with Crippen molar-refractivity contribution in [3.63, 3.8) is 0 Å². The number of ether oxygens (including phenoxy) is 1. The zero-order chi connectivity index (χ0) is 30.6. The van der Waals surface area contributed by atoms with E-state index >= 15 is 0 Å². The molecule has 0 aromatic heterocycles. The number of hydrogen-bond donors (Lipinski definition) is 4. The average Bonchev–Trinajstić information content (AvgIpc) is 3.43. The Kier molecular flexibility index (Phi) is 12.5. The molecule has 0 radical (unpaired) electrons. The van der Waals surface area contributed by atoms with Gasteiger partial charge in [-0.3, -0.25) is 19.2 Å². The van der Waals surface area contributed by atoms with E-state index in [2.05, 4.69) is 10.6 Å². The number of nitrogens with zero attached hydrogens (tertiary/aromatic N) is 3. The summed E-state index contributed by atoms with van der Waals surface area (Å²) in [5.41, 5.74) is 6.80. The Bertz CT molecular complexity index is 1130. The average molecular weight is 586 g/mol. The highest BCUT2D eigenvalue weighted by Gasteiger charge is 2.39. The zero-order valence-corrected chi connectivity index (χ0v) is 25.1. The van der Waals surface area contributed by atoms with Gasteiger partial charge in [0.25, 0.3) is 5.91 Å². The molecule has 2 unspecified atom stereocenters. The molecule has 12 heteroatoms. The van der Waals surface area contributed by atoms with Crippen molar-refractivity contribution in [3.8, 4) is 5.75 Å². The number of hydrogen-bond acceptors (Lipinski definition) is 8. The van der Waals surface area contributed by atoms with Crippen LogP contribution in [0.25, 0.3) is 0 Å². The molecule has 0 spiro atoms. The van der Waals surface area contributed by atoms with Gasteiger partial charge >= 0.3 is 0 Å². The number of rotatable bonds is 2. The van der Waals surface area contributed by atoms with Crippen molar-refractivity contribution in [2.45, 2.75) is 70.9 Å². The van der Waals surface area contributed by atoms with Crippen LogP contribution in [-0.2, 0) is 14.4 Å². The molecule has 2 aliphatic rings. The van der Waals surface area contributed by atoms with Crippen molar-refractivity contribution in [3.05, 3.63) is 41.7 Å². The second-order valence-corrected chi connectivity index (χ2v) is 11.5. The molecule has 12 nitrogen and oxygen atoms in total. The van der Waals surface area contributed by atoms with Gasteiger partial charge in [-0.2, -0.15) is 0 Å². The van der Waals surface area contributed by atoms with Crippen molar-refractivity contribution >= 4 is 23.6 Å². The predicted molar refractivity (Wildman–Crippen MR) is 160 cm³/mol. The summed E-state index contributed by atoms with van der Waals surface area (Å²) in [6.45, 7) is 5.40. The molecule has 4 amide bonds. The van der Waals surface area contributed by atoms with Crippen LogP contribution in [-0.4, -0.2) is 90.4 Å². The van der Waals surface area contributed by atoms with Gasteiger partial charge in [0.05, 0.1) is 17.8 Å². The fourth-order valence-electron chi connectivity index (χ4n) is 5.28. The summed E-state index contributed by atoms with van der Waals surface area (Å²) in [4.78, 5) is 56.1. The molecule has 1 aromatic rings. The van der Waals surface area contributed by atoms with Gasteiger partial charge in [0.15, 0.2) is 0 Å². The normalized spacial score (nSPS) is 24.1. The number of benzene rings is 1. The third-order valence-electron chi connectivity index (χ3n) is 7.41. The summed E-state index contributed by atoms with van der Waals surface area (Å²) in [5.74, 6) is 5.21. The lowest BCUT2D eigenvalue weighted by Crippen LogP contribution is -2.54. The molecule has 42 heavy (non-hydrogen) atoms. The number of carbonyl (C=O) groups is 4. The molecule has 2 heterocycles. The van der Waals surface area contributed by atoms with Crippen LogP contribution in [0.2, 0.25) is 0 Å². The molecule has 2 atom stereocenters. The van der Waals surface area contributed by atoms with Crippen LogP contribution in [0.3, 0.4) is 0 Å². The first kappa shape index (κ1) is 32.7. The largest absolute Gasteiger partial charge is 0.487 e. The fourth-order valence-corrected chi connectivity index (χ4v) is 5.28. The smallest absolute Gasteiger partial charge is 0.255 e. The van der Waals surface area contributed by atoms with E-state index in [1.165, 1.54) is 9.91 Å². The molecule has 1 saturated heterocycles. The maximum atomic E-state index is 13.8. The van der Waals surface area contributed by atoms with Gasteiger partial charge in [0, 0.05) is 32.9 Å². The minimum atomic E-state index is -0.839. The van der Waals surface area contributed by atoms with E-state index in [0.717, 1.165) is 25.7 Å². The lowest BCUT2D eigenvalue weighted by Gasteiger charge is -2.31. The summed E-state index contributed by atoms with van der Waals surface area (Å²) in [6.07, 6.45) is 6.69. The fraction of sp³-hybridized carbons (Fsp3) is 0.600. The van der Waals surface area contributed by atoms with E-state index in [4.69, 9.17) is 16.3 Å². The lowest BCUT2D eigenvalue weighted by atomic mass is 10.0. The molecule has 232 valence electrons. The highest BCUT2D eigenvalue weighted by molar-refractivity contribution is 6.00. The van der Waals surface area contributed by atoms with Crippen molar-refractivity contribution in [2.75, 3.05) is 39.8 Å². The highest BCUT2D eigenvalue weighted by Crippen LogP contribution is 2.23. The number of para-hydroxylation sites is 1. The maximum Gasteiger partial charge on any atom is 0.255 e. The van der Waals surface area contributed by atoms with Crippen LogP contribution in [0, 0.1) is 5.92 Å². The number of likely N-dealkylation sites (N-methyl/N-ethyl adjacent to an activating group) is 1. The molecular formula is C30H47N7O5. The van der Waals surface area contributed by atoms with Crippen LogP contribution in [0.5, 0.6) is 5.75 Å². The number of fused-ring (bicyclic) bond motifs is 2. The molecule has 6 N–H and O–H groups in total. The van der Waals surface area contributed by atoms with E-state index in [1.54, 1.807) is 42.4 Å². The van der Waals surface area contributed by atoms with Gasteiger partial charge in [-0.05, 0) is 50.2 Å². The molecule has 3 rings (SSSR count). The summed E-state index contributed by atoms with van der Waals surface area (Å²) < 4.78 is 5.89. The Morgan fingerprint density at radius 3 is 2.50 bits per heavy atom. The summed E-state index contributed by atoms with van der Waals surface area (Å²) in [7, 11) is 1.58. The van der Waals surface area contributed by atoms with Crippen molar-refractivity contribution < 1.29 is 23.9 Å². The van der Waals surface area contributed by atoms with Gasteiger partial charge in [0.2, 0.25) is 17.7 Å². The standard InChI is InChI=1S/C30H47N7O5/c1-21(2)17-24-29(40)37-16-10-12-25(37)30(41)35(3)19-27(38)33-14-8-4-5-9-15-36(32)18-22(31)20-42-26-13-7-6-11-23(26)28(39)34-24/h6-7,11,13,18,21,24-25H,4-5,8-10,12,14-17,19-20,31-32H2,1-3H3,(H,33,38)(H,34,39)/b22-18-. The van der Waals surface area contributed by atoms with Crippen LogP contribution >= 0.6 is 0 Å². The first-order valence-electron chi connectivity index (χ1n) is 14.9. The monoisotopic (exact) mass is 585 g/mol. The second-order valence-electron chi connectivity index (χ2n) is 11.5. The van der Waals surface area contributed by atoms with Gasteiger partial charge in [-0.25, -0.2) is 5.84 Å². The van der Waals surface area contributed by atoms with Gasteiger partial charge < -0.3 is 35.9 Å². The Labute approximate surface area is 248 Å². The minimum absolute atomic E-state index is 0.0249. The summed E-state index contributed by atoms with van der Waals surface area (Å²) >= 11 is 0. The highest BCUT2D eigenvalue weighted by atomic mass is 16.5. The summed E-state index contributed by atoms with van der Waals surface area (Å²) in [6, 6.07) is 5.26. The SMILES string of the molecule is CC(C)CC1NC(=O)c2ccccc2OC/C(N)=C/N(N)CCCCCCNC(=O)CN(C)C(=O)C2CCCN2C1=O. The third kappa shape index (κ3) is 9.64. The van der Waals surface area contributed by atoms with Crippen molar-refractivity contribution in [2.24, 2.45) is 17.5 Å².